The smallest absolute Gasteiger partial charge is 0.108 e. The summed E-state index contributed by atoms with van der Waals surface area (Å²) in [6.07, 6.45) is 4.59. The van der Waals surface area contributed by atoms with Gasteiger partial charge in [0.15, 0.2) is 0 Å². The second kappa shape index (κ2) is 7.45. The van der Waals surface area contributed by atoms with Crippen molar-refractivity contribution in [1.82, 2.24) is 9.55 Å². The lowest BCUT2D eigenvalue weighted by Crippen LogP contribution is -2.23. The fourth-order valence-corrected chi connectivity index (χ4v) is 1.78. The van der Waals surface area contributed by atoms with Crippen LogP contribution in [0.3, 0.4) is 0 Å². The topological polar surface area (TPSA) is 47.3 Å². The van der Waals surface area contributed by atoms with Gasteiger partial charge in [0, 0.05) is 19.2 Å². The van der Waals surface area contributed by atoms with E-state index in [-0.39, 0.29) is 0 Å². The van der Waals surface area contributed by atoms with Crippen LogP contribution in [0.1, 0.15) is 38.2 Å². The number of nitrogens with zero attached hydrogens (tertiary/aromatic N) is 2. The molecule has 0 spiro atoms. The molecule has 0 saturated carbocycles. The van der Waals surface area contributed by atoms with Crippen LogP contribution >= 0.6 is 0 Å². The molecule has 0 aliphatic rings. The molecule has 1 rings (SSSR count). The highest BCUT2D eigenvalue weighted by Crippen LogP contribution is 2.05. The molecule has 17 heavy (non-hydrogen) atoms. The first-order valence-corrected chi connectivity index (χ1v) is 6.45. The number of hydrogen-bond donors (Lipinski definition) is 1. The number of hydrogen-bond acceptors (Lipinski definition) is 3. The highest BCUT2D eigenvalue weighted by atomic mass is 16.5. The third-order valence-electron chi connectivity index (χ3n) is 2.66. The van der Waals surface area contributed by atoms with Gasteiger partial charge in [0.1, 0.15) is 5.82 Å². The summed E-state index contributed by atoms with van der Waals surface area (Å²) in [5, 5.41) is 9.86. The lowest BCUT2D eigenvalue weighted by Gasteiger charge is -2.13. The van der Waals surface area contributed by atoms with Crippen molar-refractivity contribution < 1.29 is 9.84 Å². The second-order valence-electron chi connectivity index (χ2n) is 4.39. The molecule has 1 atom stereocenters. The van der Waals surface area contributed by atoms with E-state index in [1.807, 2.05) is 17.7 Å². The summed E-state index contributed by atoms with van der Waals surface area (Å²) < 4.78 is 7.42. The minimum absolute atomic E-state index is 0.403. The van der Waals surface area contributed by atoms with Gasteiger partial charge >= 0.3 is 0 Å². The van der Waals surface area contributed by atoms with Gasteiger partial charge in [0.2, 0.25) is 0 Å². The molecule has 1 heterocycles. The fourth-order valence-electron chi connectivity index (χ4n) is 1.78. The molecule has 1 N–H and O–H groups in total. The van der Waals surface area contributed by atoms with E-state index in [0.717, 1.165) is 37.4 Å². The third-order valence-corrected chi connectivity index (χ3v) is 2.66. The van der Waals surface area contributed by atoms with Gasteiger partial charge in [0.05, 0.1) is 24.9 Å². The number of ether oxygens (including phenoxy) is 1. The molecule has 4 heteroatoms. The van der Waals surface area contributed by atoms with Gasteiger partial charge in [-0.1, -0.05) is 20.3 Å². The van der Waals surface area contributed by atoms with Gasteiger partial charge < -0.3 is 14.4 Å². The fraction of sp³-hybridized carbons (Fsp3) is 0.769. The van der Waals surface area contributed by atoms with Crippen molar-refractivity contribution >= 4 is 0 Å². The predicted octanol–water partition coefficient (Wildman–Crippen LogP) is 1.93. The van der Waals surface area contributed by atoms with Crippen molar-refractivity contribution in [2.75, 3.05) is 13.2 Å². The SMILES string of the molecule is CCCCOCC(O)Cn1cc(C)nc1CC. The lowest BCUT2D eigenvalue weighted by molar-refractivity contribution is 0.0267. The summed E-state index contributed by atoms with van der Waals surface area (Å²) in [6, 6.07) is 0. The number of imidazole rings is 1. The van der Waals surface area contributed by atoms with Crippen LogP contribution in [0, 0.1) is 6.92 Å². The van der Waals surface area contributed by atoms with Crippen LogP contribution in [-0.2, 0) is 17.7 Å². The van der Waals surface area contributed by atoms with Crippen molar-refractivity contribution in [3.63, 3.8) is 0 Å². The minimum atomic E-state index is -0.453. The number of aliphatic hydroxyl groups is 1. The van der Waals surface area contributed by atoms with Crippen molar-refractivity contribution in [1.29, 1.82) is 0 Å². The Bertz CT molecular complexity index is 323. The van der Waals surface area contributed by atoms with Crippen molar-refractivity contribution in [2.45, 2.75) is 52.7 Å². The molecule has 1 aromatic heterocycles. The van der Waals surface area contributed by atoms with Gasteiger partial charge in [-0.05, 0) is 13.3 Å². The molecule has 0 saturated heterocycles. The molecule has 0 amide bonds. The van der Waals surface area contributed by atoms with Crippen LogP contribution in [0.2, 0.25) is 0 Å². The van der Waals surface area contributed by atoms with Crippen LogP contribution < -0.4 is 0 Å². The monoisotopic (exact) mass is 240 g/mol. The Balaban J connectivity index is 2.36. The molecular weight excluding hydrogens is 216 g/mol. The van der Waals surface area contributed by atoms with Gasteiger partial charge in [-0.25, -0.2) is 4.98 Å². The number of unbranched alkanes of at least 4 members (excludes halogenated alkanes) is 1. The summed E-state index contributed by atoms with van der Waals surface area (Å²) in [6.45, 7) is 7.87. The Morgan fingerprint density at radius 1 is 1.47 bits per heavy atom. The van der Waals surface area contributed by atoms with E-state index in [2.05, 4.69) is 18.8 Å². The van der Waals surface area contributed by atoms with E-state index >= 15 is 0 Å². The largest absolute Gasteiger partial charge is 0.389 e. The number of rotatable bonds is 8. The van der Waals surface area contributed by atoms with Crippen LogP contribution in [0.4, 0.5) is 0 Å². The van der Waals surface area contributed by atoms with Gasteiger partial charge in [-0.3, -0.25) is 0 Å². The summed E-state index contributed by atoms with van der Waals surface area (Å²) in [5.41, 5.74) is 1.00. The van der Waals surface area contributed by atoms with Crippen LogP contribution in [-0.4, -0.2) is 34.0 Å². The molecule has 98 valence electrons. The standard InChI is InChI=1S/C13H24N2O2/c1-4-6-7-17-10-12(16)9-15-8-11(3)14-13(15)5-2/h8,12,16H,4-7,9-10H2,1-3H3. The lowest BCUT2D eigenvalue weighted by atomic mass is 10.3. The van der Waals surface area contributed by atoms with Crippen LogP contribution in [0.25, 0.3) is 0 Å². The molecule has 1 aromatic rings. The van der Waals surface area contributed by atoms with E-state index in [0.29, 0.717) is 13.2 Å². The number of aromatic nitrogens is 2. The first-order chi connectivity index (χ1) is 8.17. The van der Waals surface area contributed by atoms with Gasteiger partial charge in [0.25, 0.3) is 0 Å². The summed E-state index contributed by atoms with van der Waals surface area (Å²) in [7, 11) is 0. The van der Waals surface area contributed by atoms with E-state index in [9.17, 15) is 5.11 Å². The molecular formula is C13H24N2O2. The zero-order valence-electron chi connectivity index (χ0n) is 11.1. The summed E-state index contributed by atoms with van der Waals surface area (Å²) >= 11 is 0. The highest BCUT2D eigenvalue weighted by molar-refractivity contribution is 5.02. The van der Waals surface area contributed by atoms with Crippen molar-refractivity contribution in [3.8, 4) is 0 Å². The molecule has 0 bridgehead atoms. The third kappa shape index (κ3) is 4.88. The van der Waals surface area contributed by atoms with Crippen LogP contribution in [0.15, 0.2) is 6.20 Å². The summed E-state index contributed by atoms with van der Waals surface area (Å²) in [5.74, 6) is 1.02. The first-order valence-electron chi connectivity index (χ1n) is 6.45. The molecule has 0 aromatic carbocycles. The summed E-state index contributed by atoms with van der Waals surface area (Å²) in [4.78, 5) is 4.40. The first kappa shape index (κ1) is 14.2. The van der Waals surface area contributed by atoms with Gasteiger partial charge in [-0.15, -0.1) is 0 Å². The van der Waals surface area contributed by atoms with E-state index in [1.165, 1.54) is 0 Å². The maximum Gasteiger partial charge on any atom is 0.108 e. The quantitative estimate of drug-likeness (QED) is 0.706. The van der Waals surface area contributed by atoms with E-state index in [4.69, 9.17) is 4.74 Å². The molecule has 0 radical (unpaired) electrons. The Morgan fingerprint density at radius 3 is 2.88 bits per heavy atom. The Morgan fingerprint density at radius 2 is 2.24 bits per heavy atom. The van der Waals surface area contributed by atoms with E-state index < -0.39 is 6.10 Å². The Hall–Kier alpha value is -0.870. The Kier molecular flexibility index (Phi) is 6.22. The average molecular weight is 240 g/mol. The Labute approximate surface area is 104 Å². The van der Waals surface area contributed by atoms with Crippen LogP contribution in [0.5, 0.6) is 0 Å². The molecule has 1 unspecified atom stereocenters. The second-order valence-corrected chi connectivity index (χ2v) is 4.39. The van der Waals surface area contributed by atoms with Crippen molar-refractivity contribution in [2.24, 2.45) is 0 Å². The molecule has 0 aliphatic heterocycles. The zero-order chi connectivity index (χ0) is 12.7. The molecule has 0 aliphatic carbocycles. The number of aliphatic hydroxyl groups excluding tert-OH is 1. The average Bonchev–Trinajstić information content (AvgIpc) is 2.65. The predicted molar refractivity (Wildman–Crippen MR) is 68.1 cm³/mol. The highest BCUT2D eigenvalue weighted by Gasteiger charge is 2.09. The minimum Gasteiger partial charge on any atom is -0.389 e. The van der Waals surface area contributed by atoms with Crippen molar-refractivity contribution in [3.05, 3.63) is 17.7 Å². The molecule has 4 nitrogen and oxygen atoms in total. The maximum atomic E-state index is 9.86. The zero-order valence-corrected chi connectivity index (χ0v) is 11.1. The maximum absolute atomic E-state index is 9.86. The molecule has 0 fully saturated rings. The van der Waals surface area contributed by atoms with E-state index in [1.54, 1.807) is 0 Å². The normalized spacial score (nSPS) is 12.9. The number of aryl methyl sites for hydroxylation is 2. The van der Waals surface area contributed by atoms with Gasteiger partial charge in [-0.2, -0.15) is 0 Å².